The van der Waals surface area contributed by atoms with Gasteiger partial charge >= 0.3 is 0 Å². The van der Waals surface area contributed by atoms with Gasteiger partial charge in [-0.25, -0.2) is 0 Å². The van der Waals surface area contributed by atoms with Gasteiger partial charge in [0.2, 0.25) is 5.91 Å². The Morgan fingerprint density at radius 2 is 2.36 bits per heavy atom. The first-order chi connectivity index (χ1) is 6.59. The van der Waals surface area contributed by atoms with E-state index in [1.807, 2.05) is 0 Å². The van der Waals surface area contributed by atoms with Crippen LogP contribution >= 0.6 is 0 Å². The molecule has 1 amide bonds. The molecule has 1 saturated heterocycles. The minimum atomic E-state index is -0.224. The minimum Gasteiger partial charge on any atom is -0.369 e. The molecule has 0 aliphatic carbocycles. The van der Waals surface area contributed by atoms with Crippen LogP contribution in [-0.4, -0.2) is 43.0 Å². The number of primary amides is 1. The van der Waals surface area contributed by atoms with Crippen molar-refractivity contribution in [3.8, 4) is 0 Å². The highest BCUT2D eigenvalue weighted by Gasteiger charge is 2.23. The van der Waals surface area contributed by atoms with Gasteiger partial charge in [-0.3, -0.25) is 9.69 Å². The lowest BCUT2D eigenvalue weighted by atomic mass is 10.1. The standard InChI is InChI=1S/C10H21N3O/c1-8(2)6-13(7-10(11)14)9-3-4-12-5-9/h8-9,12H,3-7H2,1-2H3,(H2,11,14). The van der Waals surface area contributed by atoms with Crippen LogP contribution < -0.4 is 11.1 Å². The van der Waals surface area contributed by atoms with Crippen molar-refractivity contribution < 1.29 is 4.79 Å². The minimum absolute atomic E-state index is 0.224. The van der Waals surface area contributed by atoms with E-state index >= 15 is 0 Å². The molecule has 1 unspecified atom stereocenters. The molecule has 0 aromatic heterocycles. The molecule has 0 bridgehead atoms. The molecule has 0 radical (unpaired) electrons. The summed E-state index contributed by atoms with van der Waals surface area (Å²) in [4.78, 5) is 13.1. The van der Waals surface area contributed by atoms with Crippen LogP contribution in [0.5, 0.6) is 0 Å². The van der Waals surface area contributed by atoms with E-state index in [1.165, 1.54) is 0 Å². The summed E-state index contributed by atoms with van der Waals surface area (Å²) in [6, 6.07) is 0.491. The Morgan fingerprint density at radius 1 is 1.64 bits per heavy atom. The number of amides is 1. The van der Waals surface area contributed by atoms with Crippen LogP contribution in [-0.2, 0) is 4.79 Å². The number of carbonyl (C=O) groups is 1. The van der Waals surface area contributed by atoms with Crippen molar-refractivity contribution >= 4 is 5.91 Å². The van der Waals surface area contributed by atoms with Crippen molar-refractivity contribution in [3.63, 3.8) is 0 Å². The fraction of sp³-hybridized carbons (Fsp3) is 0.900. The van der Waals surface area contributed by atoms with Crippen molar-refractivity contribution in [1.29, 1.82) is 0 Å². The van der Waals surface area contributed by atoms with E-state index in [-0.39, 0.29) is 5.91 Å². The van der Waals surface area contributed by atoms with E-state index < -0.39 is 0 Å². The van der Waals surface area contributed by atoms with Crippen LogP contribution in [0.4, 0.5) is 0 Å². The van der Waals surface area contributed by atoms with Gasteiger partial charge in [0.25, 0.3) is 0 Å². The van der Waals surface area contributed by atoms with E-state index in [2.05, 4.69) is 24.1 Å². The molecule has 1 fully saturated rings. The zero-order valence-electron chi connectivity index (χ0n) is 9.12. The number of carbonyl (C=O) groups excluding carboxylic acids is 1. The molecule has 14 heavy (non-hydrogen) atoms. The largest absolute Gasteiger partial charge is 0.369 e. The first-order valence-corrected chi connectivity index (χ1v) is 5.32. The zero-order valence-corrected chi connectivity index (χ0v) is 9.12. The average Bonchev–Trinajstić information content (AvgIpc) is 2.52. The van der Waals surface area contributed by atoms with Crippen LogP contribution in [0.1, 0.15) is 20.3 Å². The van der Waals surface area contributed by atoms with Crippen LogP contribution in [0.25, 0.3) is 0 Å². The van der Waals surface area contributed by atoms with E-state index in [0.29, 0.717) is 18.5 Å². The SMILES string of the molecule is CC(C)CN(CC(N)=O)C1CCNC1. The van der Waals surface area contributed by atoms with Gasteiger partial charge in [0.15, 0.2) is 0 Å². The van der Waals surface area contributed by atoms with Crippen LogP contribution in [0.15, 0.2) is 0 Å². The van der Waals surface area contributed by atoms with E-state index in [4.69, 9.17) is 5.73 Å². The predicted octanol–water partition coefficient (Wildman–Crippen LogP) is -0.208. The lowest BCUT2D eigenvalue weighted by Gasteiger charge is -2.28. The van der Waals surface area contributed by atoms with Gasteiger partial charge in [-0.2, -0.15) is 0 Å². The number of nitrogens with zero attached hydrogens (tertiary/aromatic N) is 1. The highest BCUT2D eigenvalue weighted by molar-refractivity contribution is 5.75. The summed E-state index contributed by atoms with van der Waals surface area (Å²) < 4.78 is 0. The smallest absolute Gasteiger partial charge is 0.231 e. The lowest BCUT2D eigenvalue weighted by molar-refractivity contribution is -0.119. The van der Waals surface area contributed by atoms with Gasteiger partial charge in [-0.1, -0.05) is 13.8 Å². The van der Waals surface area contributed by atoms with Crippen molar-refractivity contribution in [2.24, 2.45) is 11.7 Å². The Hall–Kier alpha value is -0.610. The fourth-order valence-corrected chi connectivity index (χ4v) is 1.96. The van der Waals surface area contributed by atoms with Gasteiger partial charge in [0, 0.05) is 19.1 Å². The maximum Gasteiger partial charge on any atom is 0.231 e. The molecule has 0 aromatic rings. The zero-order chi connectivity index (χ0) is 10.6. The summed E-state index contributed by atoms with van der Waals surface area (Å²) >= 11 is 0. The second-order valence-corrected chi connectivity index (χ2v) is 4.44. The molecule has 1 atom stereocenters. The Kier molecular flexibility index (Phi) is 4.35. The van der Waals surface area contributed by atoms with Crippen LogP contribution in [0.3, 0.4) is 0 Å². The third-order valence-electron chi connectivity index (χ3n) is 2.51. The summed E-state index contributed by atoms with van der Waals surface area (Å²) in [7, 11) is 0. The molecule has 82 valence electrons. The molecule has 1 rings (SSSR count). The van der Waals surface area contributed by atoms with E-state index in [0.717, 1.165) is 26.1 Å². The quantitative estimate of drug-likeness (QED) is 0.644. The Labute approximate surface area is 85.8 Å². The van der Waals surface area contributed by atoms with Gasteiger partial charge in [0.1, 0.15) is 0 Å². The molecule has 1 aliphatic rings. The second-order valence-electron chi connectivity index (χ2n) is 4.44. The van der Waals surface area contributed by atoms with E-state index in [9.17, 15) is 4.79 Å². The van der Waals surface area contributed by atoms with Crippen LogP contribution in [0.2, 0.25) is 0 Å². The van der Waals surface area contributed by atoms with Crippen molar-refractivity contribution in [2.45, 2.75) is 26.3 Å². The number of hydrogen-bond donors (Lipinski definition) is 2. The number of rotatable bonds is 5. The maximum atomic E-state index is 10.9. The van der Waals surface area contributed by atoms with Gasteiger partial charge in [-0.15, -0.1) is 0 Å². The van der Waals surface area contributed by atoms with Crippen molar-refractivity contribution in [3.05, 3.63) is 0 Å². The lowest BCUT2D eigenvalue weighted by Crippen LogP contribution is -2.44. The molecule has 0 saturated carbocycles. The van der Waals surface area contributed by atoms with Crippen molar-refractivity contribution in [2.75, 3.05) is 26.2 Å². The average molecular weight is 199 g/mol. The number of nitrogens with one attached hydrogen (secondary N) is 1. The summed E-state index contributed by atoms with van der Waals surface area (Å²) in [5.41, 5.74) is 5.24. The molecule has 4 nitrogen and oxygen atoms in total. The number of hydrogen-bond acceptors (Lipinski definition) is 3. The summed E-state index contributed by atoms with van der Waals surface area (Å²) in [5, 5.41) is 3.31. The first-order valence-electron chi connectivity index (χ1n) is 5.32. The molecule has 4 heteroatoms. The Bertz CT molecular complexity index is 188. The Balaban J connectivity index is 2.46. The molecule has 0 aromatic carbocycles. The highest BCUT2D eigenvalue weighted by atomic mass is 16.1. The summed E-state index contributed by atoms with van der Waals surface area (Å²) in [5.74, 6) is 0.354. The third kappa shape index (κ3) is 3.64. The molecule has 1 aliphatic heterocycles. The predicted molar refractivity (Wildman–Crippen MR) is 56.9 cm³/mol. The maximum absolute atomic E-state index is 10.9. The fourth-order valence-electron chi connectivity index (χ4n) is 1.96. The first kappa shape index (κ1) is 11.5. The molecule has 3 N–H and O–H groups in total. The van der Waals surface area contributed by atoms with Gasteiger partial charge in [-0.05, 0) is 18.9 Å². The van der Waals surface area contributed by atoms with E-state index in [1.54, 1.807) is 0 Å². The highest BCUT2D eigenvalue weighted by Crippen LogP contribution is 2.10. The molecular formula is C10H21N3O. The van der Waals surface area contributed by atoms with Gasteiger partial charge in [0.05, 0.1) is 6.54 Å². The Morgan fingerprint density at radius 3 is 2.79 bits per heavy atom. The number of nitrogens with two attached hydrogens (primary N) is 1. The van der Waals surface area contributed by atoms with Crippen molar-refractivity contribution in [1.82, 2.24) is 10.2 Å². The topological polar surface area (TPSA) is 58.4 Å². The molecular weight excluding hydrogens is 178 g/mol. The molecule has 1 heterocycles. The molecule has 0 spiro atoms. The summed E-state index contributed by atoms with van der Waals surface area (Å²) in [6.45, 7) is 7.71. The monoisotopic (exact) mass is 199 g/mol. The summed E-state index contributed by atoms with van der Waals surface area (Å²) in [6.07, 6.45) is 1.12. The normalized spacial score (nSPS) is 22.1. The van der Waals surface area contributed by atoms with Gasteiger partial charge < -0.3 is 11.1 Å². The van der Waals surface area contributed by atoms with Crippen LogP contribution in [0, 0.1) is 5.92 Å². The third-order valence-corrected chi connectivity index (χ3v) is 2.51. The second kappa shape index (κ2) is 5.32.